The molecule has 0 aliphatic rings. The van der Waals surface area contributed by atoms with Gasteiger partial charge < -0.3 is 10.1 Å². The summed E-state index contributed by atoms with van der Waals surface area (Å²) in [7, 11) is 0. The molecule has 0 saturated carbocycles. The van der Waals surface area contributed by atoms with Gasteiger partial charge in [-0.3, -0.25) is 9.59 Å². The number of amides is 1. The van der Waals surface area contributed by atoms with E-state index in [1.807, 2.05) is 0 Å². The van der Waals surface area contributed by atoms with Gasteiger partial charge in [-0.1, -0.05) is 17.0 Å². The SMILES string of the molecule is CC(=O)c1ccc(NC(=O)c2nnn(-c3ccc(OC(F)(F)F)cc3)c2CSc2ncccn2)cc1. The van der Waals surface area contributed by atoms with Gasteiger partial charge in [0.15, 0.2) is 16.6 Å². The number of rotatable bonds is 8. The number of anilines is 1. The zero-order chi connectivity index (χ0) is 25.7. The monoisotopic (exact) mass is 514 g/mol. The van der Waals surface area contributed by atoms with Crippen molar-refractivity contribution in [3.63, 3.8) is 0 Å². The van der Waals surface area contributed by atoms with Crippen LogP contribution >= 0.6 is 11.8 Å². The van der Waals surface area contributed by atoms with Crippen molar-refractivity contribution < 1.29 is 27.5 Å². The molecule has 0 spiro atoms. The number of aromatic nitrogens is 5. The Hall–Kier alpha value is -4.26. The minimum absolute atomic E-state index is 0.00435. The van der Waals surface area contributed by atoms with Gasteiger partial charge in [0.05, 0.1) is 11.4 Å². The molecule has 184 valence electrons. The minimum Gasteiger partial charge on any atom is -0.406 e. The molecular weight excluding hydrogens is 497 g/mol. The summed E-state index contributed by atoms with van der Waals surface area (Å²) in [4.78, 5) is 32.8. The first-order chi connectivity index (χ1) is 17.2. The van der Waals surface area contributed by atoms with Crippen molar-refractivity contribution in [2.45, 2.75) is 24.2 Å². The topological polar surface area (TPSA) is 112 Å². The standard InChI is InChI=1S/C23H17F3N6O3S/c1-14(33)15-3-5-16(6-4-15)29-21(34)20-19(13-36-22-27-11-2-12-28-22)32(31-30-20)17-7-9-18(10-8-17)35-23(24,25)26/h2-12H,13H2,1H3,(H,29,34). The van der Waals surface area contributed by atoms with E-state index in [0.29, 0.717) is 27.8 Å². The summed E-state index contributed by atoms with van der Waals surface area (Å²) >= 11 is 1.23. The van der Waals surface area contributed by atoms with Crippen LogP contribution in [0.5, 0.6) is 5.75 Å². The predicted molar refractivity (Wildman–Crippen MR) is 124 cm³/mol. The normalized spacial score (nSPS) is 11.2. The maximum Gasteiger partial charge on any atom is 0.573 e. The summed E-state index contributed by atoms with van der Waals surface area (Å²) in [6, 6.07) is 13.0. The van der Waals surface area contributed by atoms with Crippen molar-refractivity contribution in [2.75, 3.05) is 5.32 Å². The van der Waals surface area contributed by atoms with Crippen LogP contribution in [0.2, 0.25) is 0 Å². The van der Waals surface area contributed by atoms with Gasteiger partial charge in [-0.25, -0.2) is 14.6 Å². The first kappa shape index (κ1) is 24.9. The van der Waals surface area contributed by atoms with Crippen molar-refractivity contribution in [3.8, 4) is 11.4 Å². The average Bonchev–Trinajstić information content (AvgIpc) is 3.27. The van der Waals surface area contributed by atoms with Crippen LogP contribution in [0.3, 0.4) is 0 Å². The Kier molecular flexibility index (Phi) is 7.29. The lowest BCUT2D eigenvalue weighted by molar-refractivity contribution is -0.274. The Bertz CT molecular complexity index is 1360. The first-order valence-electron chi connectivity index (χ1n) is 10.3. The predicted octanol–water partition coefficient (Wildman–Crippen LogP) is 4.70. The van der Waals surface area contributed by atoms with Crippen molar-refractivity contribution >= 4 is 29.1 Å². The third-order valence-corrected chi connectivity index (χ3v) is 5.61. The minimum atomic E-state index is -4.82. The molecule has 13 heteroatoms. The second kappa shape index (κ2) is 10.6. The summed E-state index contributed by atoms with van der Waals surface area (Å²) in [5.41, 5.74) is 1.68. The van der Waals surface area contributed by atoms with Crippen LogP contribution in [0.25, 0.3) is 5.69 Å². The molecule has 2 heterocycles. The number of Topliss-reactive ketones (excluding diaryl/α,β-unsaturated/α-hetero) is 1. The summed E-state index contributed by atoms with van der Waals surface area (Å²) < 4.78 is 42.8. The second-order valence-corrected chi connectivity index (χ2v) is 8.19. The summed E-state index contributed by atoms with van der Waals surface area (Å²) in [5.74, 6) is -0.876. The van der Waals surface area contributed by atoms with Gasteiger partial charge in [-0.05, 0) is 61.5 Å². The van der Waals surface area contributed by atoms with Crippen molar-refractivity contribution in [2.24, 2.45) is 0 Å². The zero-order valence-corrected chi connectivity index (χ0v) is 19.4. The molecule has 4 aromatic rings. The maximum atomic E-state index is 13.0. The highest BCUT2D eigenvalue weighted by Gasteiger charge is 2.31. The molecule has 0 unspecified atom stereocenters. The molecule has 1 amide bonds. The van der Waals surface area contributed by atoms with Crippen LogP contribution in [-0.2, 0) is 5.75 Å². The van der Waals surface area contributed by atoms with Crippen LogP contribution in [0.4, 0.5) is 18.9 Å². The van der Waals surface area contributed by atoms with Crippen LogP contribution in [0.15, 0.2) is 72.1 Å². The van der Waals surface area contributed by atoms with E-state index in [1.165, 1.54) is 35.5 Å². The van der Waals surface area contributed by atoms with E-state index in [4.69, 9.17) is 0 Å². The van der Waals surface area contributed by atoms with Gasteiger partial charge >= 0.3 is 6.36 Å². The fraction of sp³-hybridized carbons (Fsp3) is 0.130. The molecular formula is C23H17F3N6O3S. The van der Waals surface area contributed by atoms with E-state index in [9.17, 15) is 22.8 Å². The molecule has 4 rings (SSSR count). The summed E-state index contributed by atoms with van der Waals surface area (Å²) in [5, 5.41) is 11.2. The highest BCUT2D eigenvalue weighted by molar-refractivity contribution is 7.98. The van der Waals surface area contributed by atoms with Crippen molar-refractivity contribution in [1.29, 1.82) is 0 Å². The van der Waals surface area contributed by atoms with E-state index in [1.54, 1.807) is 42.7 Å². The first-order valence-corrected chi connectivity index (χ1v) is 11.3. The number of hydrogen-bond acceptors (Lipinski definition) is 8. The number of carbonyl (C=O) groups is 2. The molecule has 0 radical (unpaired) electrons. The largest absolute Gasteiger partial charge is 0.573 e. The summed E-state index contributed by atoms with van der Waals surface area (Å²) in [6.07, 6.45) is -1.68. The summed E-state index contributed by atoms with van der Waals surface area (Å²) in [6.45, 7) is 1.44. The number of benzene rings is 2. The smallest absolute Gasteiger partial charge is 0.406 e. The highest BCUT2D eigenvalue weighted by atomic mass is 32.2. The molecule has 2 aromatic heterocycles. The van der Waals surface area contributed by atoms with E-state index < -0.39 is 18.0 Å². The number of ether oxygens (including phenoxy) is 1. The number of thioether (sulfide) groups is 1. The van der Waals surface area contributed by atoms with E-state index in [2.05, 4.69) is 30.3 Å². The molecule has 2 aromatic carbocycles. The number of alkyl halides is 3. The lowest BCUT2D eigenvalue weighted by Gasteiger charge is -2.11. The van der Waals surface area contributed by atoms with Crippen LogP contribution in [0, 0.1) is 0 Å². The van der Waals surface area contributed by atoms with Gasteiger partial charge in [-0.2, -0.15) is 0 Å². The molecule has 0 saturated heterocycles. The Morgan fingerprint density at radius 2 is 1.69 bits per heavy atom. The number of hydrogen-bond donors (Lipinski definition) is 1. The number of nitrogens with zero attached hydrogens (tertiary/aromatic N) is 5. The third kappa shape index (κ3) is 6.24. The Balaban J connectivity index is 1.62. The quantitative estimate of drug-likeness (QED) is 0.205. The maximum absolute atomic E-state index is 13.0. The van der Waals surface area contributed by atoms with E-state index in [-0.39, 0.29) is 17.2 Å². The number of carbonyl (C=O) groups excluding carboxylic acids is 2. The molecule has 1 N–H and O–H groups in total. The van der Waals surface area contributed by atoms with Gasteiger partial charge in [0, 0.05) is 29.4 Å². The van der Waals surface area contributed by atoms with Gasteiger partial charge in [0.1, 0.15) is 5.75 Å². The molecule has 0 aliphatic heterocycles. The van der Waals surface area contributed by atoms with Crippen molar-refractivity contribution in [1.82, 2.24) is 25.0 Å². The van der Waals surface area contributed by atoms with Gasteiger partial charge in [0.25, 0.3) is 5.91 Å². The Labute approximate surface area is 206 Å². The number of ketones is 1. The fourth-order valence-corrected chi connectivity index (χ4v) is 3.87. The van der Waals surface area contributed by atoms with Crippen LogP contribution < -0.4 is 10.1 Å². The third-order valence-electron chi connectivity index (χ3n) is 4.72. The molecule has 0 fully saturated rings. The van der Waals surface area contributed by atoms with Crippen LogP contribution in [-0.4, -0.2) is 43.0 Å². The fourth-order valence-electron chi connectivity index (χ4n) is 3.08. The van der Waals surface area contributed by atoms with Gasteiger partial charge in [0.2, 0.25) is 0 Å². The number of halogens is 3. The zero-order valence-electron chi connectivity index (χ0n) is 18.6. The lowest BCUT2D eigenvalue weighted by Crippen LogP contribution is -2.17. The van der Waals surface area contributed by atoms with Gasteiger partial charge in [-0.15, -0.1) is 18.3 Å². The molecule has 0 bridgehead atoms. The Morgan fingerprint density at radius 3 is 2.31 bits per heavy atom. The molecule has 36 heavy (non-hydrogen) atoms. The van der Waals surface area contributed by atoms with E-state index >= 15 is 0 Å². The molecule has 0 aliphatic carbocycles. The average molecular weight is 514 g/mol. The lowest BCUT2D eigenvalue weighted by atomic mass is 10.1. The molecule has 9 nitrogen and oxygen atoms in total. The highest BCUT2D eigenvalue weighted by Crippen LogP contribution is 2.26. The molecule has 0 atom stereocenters. The van der Waals surface area contributed by atoms with Crippen LogP contribution in [0.1, 0.15) is 33.5 Å². The van der Waals surface area contributed by atoms with Crippen molar-refractivity contribution in [3.05, 3.63) is 83.9 Å². The second-order valence-electron chi connectivity index (χ2n) is 7.25. The Morgan fingerprint density at radius 1 is 1.03 bits per heavy atom. The number of nitrogens with one attached hydrogen (secondary N) is 1. The van der Waals surface area contributed by atoms with E-state index in [0.717, 1.165) is 12.1 Å².